The zero-order valence-corrected chi connectivity index (χ0v) is 16.9. The fourth-order valence-electron chi connectivity index (χ4n) is 3.21. The van der Waals surface area contributed by atoms with Gasteiger partial charge in [-0.3, -0.25) is 9.59 Å². The Balaban J connectivity index is 1.56. The highest BCUT2D eigenvalue weighted by molar-refractivity contribution is 6.30. The molecule has 0 bridgehead atoms. The van der Waals surface area contributed by atoms with E-state index < -0.39 is 5.92 Å². The van der Waals surface area contributed by atoms with Crippen molar-refractivity contribution < 1.29 is 14.3 Å². The summed E-state index contributed by atoms with van der Waals surface area (Å²) in [5, 5.41) is 3.51. The molecule has 1 unspecified atom stereocenters. The third kappa shape index (κ3) is 5.12. The highest BCUT2D eigenvalue weighted by Crippen LogP contribution is 2.26. The SMILES string of the molecule is CC(C)OCc1cccc(CNC(=O)C2CCN(c3ccc(Cl)cc3)C2=O)c1. The van der Waals surface area contributed by atoms with Crippen molar-refractivity contribution in [3.8, 4) is 0 Å². The lowest BCUT2D eigenvalue weighted by Crippen LogP contribution is -2.36. The Morgan fingerprint density at radius 3 is 2.64 bits per heavy atom. The van der Waals surface area contributed by atoms with Gasteiger partial charge in [0.25, 0.3) is 0 Å². The lowest BCUT2D eigenvalue weighted by atomic mass is 10.1. The van der Waals surface area contributed by atoms with Crippen LogP contribution in [0.5, 0.6) is 0 Å². The zero-order valence-electron chi connectivity index (χ0n) is 16.2. The summed E-state index contributed by atoms with van der Waals surface area (Å²) >= 11 is 5.90. The summed E-state index contributed by atoms with van der Waals surface area (Å²) in [6.45, 7) is 5.45. The summed E-state index contributed by atoms with van der Waals surface area (Å²) in [5.41, 5.74) is 2.81. The first-order chi connectivity index (χ1) is 13.4. The fourth-order valence-corrected chi connectivity index (χ4v) is 3.33. The molecule has 6 heteroatoms. The topological polar surface area (TPSA) is 58.6 Å². The van der Waals surface area contributed by atoms with Crippen LogP contribution in [0.25, 0.3) is 0 Å². The maximum atomic E-state index is 12.7. The van der Waals surface area contributed by atoms with E-state index in [9.17, 15) is 9.59 Å². The van der Waals surface area contributed by atoms with E-state index in [1.54, 1.807) is 29.2 Å². The Morgan fingerprint density at radius 1 is 1.21 bits per heavy atom. The maximum absolute atomic E-state index is 12.7. The number of rotatable bonds is 7. The molecule has 1 heterocycles. The number of halogens is 1. The van der Waals surface area contributed by atoms with Gasteiger partial charge >= 0.3 is 0 Å². The molecule has 28 heavy (non-hydrogen) atoms. The minimum atomic E-state index is -0.650. The number of ether oxygens (including phenoxy) is 1. The molecule has 2 aromatic carbocycles. The Morgan fingerprint density at radius 2 is 1.93 bits per heavy atom. The molecule has 2 amide bonds. The van der Waals surface area contributed by atoms with Gasteiger partial charge in [0.1, 0.15) is 5.92 Å². The van der Waals surface area contributed by atoms with Crippen LogP contribution in [0.4, 0.5) is 5.69 Å². The van der Waals surface area contributed by atoms with Crippen LogP contribution in [0.3, 0.4) is 0 Å². The van der Waals surface area contributed by atoms with Gasteiger partial charge in [-0.15, -0.1) is 0 Å². The summed E-state index contributed by atoms with van der Waals surface area (Å²) in [6.07, 6.45) is 0.676. The zero-order chi connectivity index (χ0) is 20.1. The van der Waals surface area contributed by atoms with E-state index in [2.05, 4.69) is 5.32 Å². The molecular weight excluding hydrogens is 376 g/mol. The van der Waals surface area contributed by atoms with E-state index in [0.29, 0.717) is 31.1 Å². The van der Waals surface area contributed by atoms with Crippen molar-refractivity contribution in [3.63, 3.8) is 0 Å². The molecule has 1 N–H and O–H groups in total. The second-order valence-electron chi connectivity index (χ2n) is 7.21. The van der Waals surface area contributed by atoms with E-state index in [1.165, 1.54) is 0 Å². The Labute approximate surface area is 170 Å². The van der Waals surface area contributed by atoms with Gasteiger partial charge < -0.3 is 15.0 Å². The molecule has 2 aromatic rings. The van der Waals surface area contributed by atoms with Crippen LogP contribution in [0.1, 0.15) is 31.4 Å². The molecule has 0 spiro atoms. The normalized spacial score (nSPS) is 16.6. The van der Waals surface area contributed by atoms with Crippen molar-refractivity contribution in [2.45, 2.75) is 39.5 Å². The lowest BCUT2D eigenvalue weighted by molar-refractivity contribution is -0.132. The van der Waals surface area contributed by atoms with Crippen LogP contribution in [0, 0.1) is 5.92 Å². The van der Waals surface area contributed by atoms with Crippen LogP contribution in [0.2, 0.25) is 5.02 Å². The molecule has 0 radical (unpaired) electrons. The Bertz CT molecular complexity index is 836. The fraction of sp³-hybridized carbons (Fsp3) is 0.364. The quantitative estimate of drug-likeness (QED) is 0.716. The summed E-state index contributed by atoms with van der Waals surface area (Å²) in [7, 11) is 0. The maximum Gasteiger partial charge on any atom is 0.239 e. The highest BCUT2D eigenvalue weighted by Gasteiger charge is 2.37. The third-order valence-corrected chi connectivity index (χ3v) is 4.95. The molecular formula is C22H25ClN2O3. The number of hydrogen-bond acceptors (Lipinski definition) is 3. The predicted molar refractivity (Wildman–Crippen MR) is 110 cm³/mol. The molecule has 0 aliphatic carbocycles. The minimum absolute atomic E-state index is 0.167. The molecule has 1 aliphatic heterocycles. The van der Waals surface area contributed by atoms with Gasteiger partial charge in [0, 0.05) is 23.8 Å². The lowest BCUT2D eigenvalue weighted by Gasteiger charge is -2.17. The van der Waals surface area contributed by atoms with Crippen LogP contribution in [0.15, 0.2) is 48.5 Å². The van der Waals surface area contributed by atoms with Crippen molar-refractivity contribution in [2.24, 2.45) is 5.92 Å². The third-order valence-electron chi connectivity index (χ3n) is 4.70. The summed E-state index contributed by atoms with van der Waals surface area (Å²) in [5.74, 6) is -1.05. The molecule has 148 valence electrons. The molecule has 5 nitrogen and oxygen atoms in total. The predicted octanol–water partition coefficient (Wildman–Crippen LogP) is 3.93. The van der Waals surface area contributed by atoms with Crippen molar-refractivity contribution in [1.29, 1.82) is 0 Å². The molecule has 1 aliphatic rings. The molecule has 1 saturated heterocycles. The van der Waals surface area contributed by atoms with Gasteiger partial charge in [-0.1, -0.05) is 35.9 Å². The summed E-state index contributed by atoms with van der Waals surface area (Å²) in [6, 6.07) is 15.0. The number of carbonyl (C=O) groups excluding carboxylic acids is 2. The number of nitrogens with zero attached hydrogens (tertiary/aromatic N) is 1. The van der Waals surface area contributed by atoms with E-state index >= 15 is 0 Å². The second-order valence-corrected chi connectivity index (χ2v) is 7.64. The Hall–Kier alpha value is -2.37. The van der Waals surface area contributed by atoms with Crippen molar-refractivity contribution in [2.75, 3.05) is 11.4 Å². The molecule has 0 aromatic heterocycles. The van der Waals surface area contributed by atoms with E-state index in [-0.39, 0.29) is 17.9 Å². The number of amides is 2. The average molecular weight is 401 g/mol. The average Bonchev–Trinajstić information content (AvgIpc) is 3.07. The van der Waals surface area contributed by atoms with Crippen molar-refractivity contribution >= 4 is 29.1 Å². The number of nitrogens with one attached hydrogen (secondary N) is 1. The van der Waals surface area contributed by atoms with E-state index in [4.69, 9.17) is 16.3 Å². The first-order valence-electron chi connectivity index (χ1n) is 9.48. The van der Waals surface area contributed by atoms with Gasteiger partial charge in [0.2, 0.25) is 11.8 Å². The van der Waals surface area contributed by atoms with Gasteiger partial charge in [0.15, 0.2) is 0 Å². The van der Waals surface area contributed by atoms with Crippen molar-refractivity contribution in [3.05, 3.63) is 64.7 Å². The molecule has 0 saturated carbocycles. The van der Waals surface area contributed by atoms with Crippen molar-refractivity contribution in [1.82, 2.24) is 5.32 Å². The monoisotopic (exact) mass is 400 g/mol. The van der Waals surface area contributed by atoms with Gasteiger partial charge in [0.05, 0.1) is 12.7 Å². The summed E-state index contributed by atoms with van der Waals surface area (Å²) < 4.78 is 5.62. The first kappa shape index (κ1) is 20.4. The van der Waals surface area contributed by atoms with Crippen LogP contribution < -0.4 is 10.2 Å². The minimum Gasteiger partial charge on any atom is -0.374 e. The second kappa shape index (κ2) is 9.22. The van der Waals surface area contributed by atoms with E-state index in [1.807, 2.05) is 38.1 Å². The molecule has 3 rings (SSSR count). The number of hydrogen-bond donors (Lipinski definition) is 1. The van der Waals surface area contributed by atoms with Gasteiger partial charge in [-0.2, -0.15) is 0 Å². The molecule has 1 atom stereocenters. The summed E-state index contributed by atoms with van der Waals surface area (Å²) in [4.78, 5) is 26.9. The highest BCUT2D eigenvalue weighted by atomic mass is 35.5. The largest absolute Gasteiger partial charge is 0.374 e. The standard InChI is InChI=1S/C22H25ClN2O3/c1-15(2)28-14-17-5-3-4-16(12-17)13-24-21(26)20-10-11-25(22(20)27)19-8-6-18(23)7-9-19/h3-9,12,15,20H,10-11,13-14H2,1-2H3,(H,24,26). The van der Waals surface area contributed by atoms with Crippen LogP contribution in [-0.4, -0.2) is 24.5 Å². The number of carbonyl (C=O) groups is 2. The van der Waals surface area contributed by atoms with Crippen LogP contribution >= 0.6 is 11.6 Å². The first-order valence-corrected chi connectivity index (χ1v) is 9.86. The number of anilines is 1. The van der Waals surface area contributed by atoms with Crippen LogP contribution in [-0.2, 0) is 27.5 Å². The van der Waals surface area contributed by atoms with E-state index in [0.717, 1.165) is 16.8 Å². The van der Waals surface area contributed by atoms with Gasteiger partial charge in [-0.05, 0) is 55.7 Å². The smallest absolute Gasteiger partial charge is 0.239 e. The van der Waals surface area contributed by atoms with Gasteiger partial charge in [-0.25, -0.2) is 0 Å². The number of benzene rings is 2. The molecule has 1 fully saturated rings. The Kier molecular flexibility index (Phi) is 6.70.